The van der Waals surface area contributed by atoms with Crippen LogP contribution in [0, 0.1) is 5.92 Å². The predicted octanol–water partition coefficient (Wildman–Crippen LogP) is 1.65. The Labute approximate surface area is 124 Å². The van der Waals surface area contributed by atoms with Crippen LogP contribution in [0.4, 0.5) is 4.79 Å². The first-order valence-corrected chi connectivity index (χ1v) is 7.30. The first kappa shape index (κ1) is 15.3. The van der Waals surface area contributed by atoms with E-state index >= 15 is 0 Å². The number of nitrogens with zero attached hydrogens (tertiary/aromatic N) is 2. The maximum absolute atomic E-state index is 12.1. The maximum atomic E-state index is 12.1. The summed E-state index contributed by atoms with van der Waals surface area (Å²) in [6, 6.07) is 3.66. The van der Waals surface area contributed by atoms with E-state index in [1.165, 1.54) is 0 Å². The van der Waals surface area contributed by atoms with Gasteiger partial charge in [0.15, 0.2) is 0 Å². The standard InChI is InChI=1S/C15H21N3O3/c1-2-11-5-3-7-16-13(11)9-17-15(21)18-8-4-6-12(10-18)14(19)20/h3,5,7,12H,2,4,6,8-10H2,1H3,(H,17,21)(H,19,20)/t12-/m0/s1. The van der Waals surface area contributed by atoms with Gasteiger partial charge in [0.25, 0.3) is 0 Å². The Morgan fingerprint density at radius 2 is 2.33 bits per heavy atom. The summed E-state index contributed by atoms with van der Waals surface area (Å²) in [5, 5.41) is 11.9. The summed E-state index contributed by atoms with van der Waals surface area (Å²) < 4.78 is 0. The molecule has 1 aromatic heterocycles. The minimum Gasteiger partial charge on any atom is -0.481 e. The van der Waals surface area contributed by atoms with Crippen molar-refractivity contribution in [1.29, 1.82) is 0 Å². The molecule has 0 saturated carbocycles. The number of pyridine rings is 1. The molecule has 1 atom stereocenters. The molecule has 0 aliphatic carbocycles. The molecule has 6 nitrogen and oxygen atoms in total. The van der Waals surface area contributed by atoms with Crippen molar-refractivity contribution in [2.45, 2.75) is 32.7 Å². The minimum absolute atomic E-state index is 0.214. The number of hydrogen-bond acceptors (Lipinski definition) is 3. The zero-order valence-corrected chi connectivity index (χ0v) is 12.2. The van der Waals surface area contributed by atoms with Crippen LogP contribution < -0.4 is 5.32 Å². The monoisotopic (exact) mass is 291 g/mol. The van der Waals surface area contributed by atoms with Crippen LogP contribution in [0.5, 0.6) is 0 Å². The van der Waals surface area contributed by atoms with E-state index in [1.54, 1.807) is 11.1 Å². The van der Waals surface area contributed by atoms with E-state index in [2.05, 4.69) is 10.3 Å². The molecule has 1 aliphatic heterocycles. The van der Waals surface area contributed by atoms with Crippen LogP contribution in [0.25, 0.3) is 0 Å². The van der Waals surface area contributed by atoms with Crippen molar-refractivity contribution in [3.05, 3.63) is 29.6 Å². The number of amides is 2. The van der Waals surface area contributed by atoms with Crippen LogP contribution in [-0.2, 0) is 17.8 Å². The molecule has 2 heterocycles. The summed E-state index contributed by atoms with van der Waals surface area (Å²) in [5.41, 5.74) is 1.97. The number of aromatic nitrogens is 1. The van der Waals surface area contributed by atoms with E-state index in [1.807, 2.05) is 19.1 Å². The molecule has 0 radical (unpaired) electrons. The van der Waals surface area contributed by atoms with Crippen molar-refractivity contribution >= 4 is 12.0 Å². The number of carbonyl (C=O) groups is 2. The third-order valence-corrected chi connectivity index (χ3v) is 3.83. The molecule has 0 spiro atoms. The number of carboxylic acid groups (broad SMARTS) is 1. The van der Waals surface area contributed by atoms with Gasteiger partial charge in [-0.1, -0.05) is 13.0 Å². The topological polar surface area (TPSA) is 82.5 Å². The first-order valence-electron chi connectivity index (χ1n) is 7.30. The van der Waals surface area contributed by atoms with Crippen LogP contribution in [0.1, 0.15) is 31.0 Å². The molecule has 2 rings (SSSR count). The summed E-state index contributed by atoms with van der Waals surface area (Å²) in [4.78, 5) is 29.0. The SMILES string of the molecule is CCc1cccnc1CNC(=O)N1CCC[C@H](C(=O)O)C1. The molecule has 1 aliphatic rings. The molecule has 2 amide bonds. The molecular weight excluding hydrogens is 270 g/mol. The normalized spacial score (nSPS) is 18.3. The Hall–Kier alpha value is -2.11. The lowest BCUT2D eigenvalue weighted by atomic mass is 9.99. The van der Waals surface area contributed by atoms with Gasteiger partial charge in [-0.05, 0) is 30.9 Å². The minimum atomic E-state index is -0.828. The van der Waals surface area contributed by atoms with E-state index < -0.39 is 11.9 Å². The number of rotatable bonds is 4. The number of aliphatic carboxylic acids is 1. The molecule has 1 fully saturated rings. The second kappa shape index (κ2) is 7.06. The van der Waals surface area contributed by atoms with Gasteiger partial charge in [-0.25, -0.2) is 4.79 Å². The Morgan fingerprint density at radius 3 is 3.05 bits per heavy atom. The van der Waals surface area contributed by atoms with E-state index in [0.29, 0.717) is 19.5 Å². The van der Waals surface area contributed by atoms with Crippen molar-refractivity contribution in [2.75, 3.05) is 13.1 Å². The molecule has 0 aromatic carbocycles. The number of aryl methyl sites for hydroxylation is 1. The number of urea groups is 1. The quantitative estimate of drug-likeness (QED) is 0.883. The van der Waals surface area contributed by atoms with Gasteiger partial charge in [0.2, 0.25) is 0 Å². The lowest BCUT2D eigenvalue weighted by Crippen LogP contribution is -2.46. The average molecular weight is 291 g/mol. The fourth-order valence-corrected chi connectivity index (χ4v) is 2.59. The number of carboxylic acids is 1. The number of nitrogens with one attached hydrogen (secondary N) is 1. The molecule has 0 unspecified atom stereocenters. The number of likely N-dealkylation sites (tertiary alicyclic amines) is 1. The summed E-state index contributed by atoms with van der Waals surface area (Å²) in [5.74, 6) is -1.28. The largest absolute Gasteiger partial charge is 0.481 e. The van der Waals surface area contributed by atoms with Crippen molar-refractivity contribution in [1.82, 2.24) is 15.2 Å². The number of hydrogen-bond donors (Lipinski definition) is 2. The highest BCUT2D eigenvalue weighted by molar-refractivity contribution is 5.76. The zero-order chi connectivity index (χ0) is 15.2. The van der Waals surface area contributed by atoms with Gasteiger partial charge in [0.1, 0.15) is 0 Å². The first-order chi connectivity index (χ1) is 10.1. The van der Waals surface area contributed by atoms with Crippen LogP contribution in [0.2, 0.25) is 0 Å². The molecule has 1 aromatic rings. The summed E-state index contributed by atoms with van der Waals surface area (Å²) in [6.07, 6.45) is 3.94. The van der Waals surface area contributed by atoms with Gasteiger partial charge in [0.05, 0.1) is 18.2 Å². The van der Waals surface area contributed by atoms with Crippen LogP contribution in [-0.4, -0.2) is 40.1 Å². The zero-order valence-electron chi connectivity index (χ0n) is 12.2. The van der Waals surface area contributed by atoms with Gasteiger partial charge >= 0.3 is 12.0 Å². The lowest BCUT2D eigenvalue weighted by molar-refractivity contribution is -0.143. The van der Waals surface area contributed by atoms with Gasteiger partial charge in [-0.3, -0.25) is 9.78 Å². The van der Waals surface area contributed by atoms with Gasteiger partial charge in [0, 0.05) is 19.3 Å². The number of piperidine rings is 1. The van der Waals surface area contributed by atoms with E-state index in [-0.39, 0.29) is 12.6 Å². The van der Waals surface area contributed by atoms with E-state index in [0.717, 1.165) is 24.1 Å². The summed E-state index contributed by atoms with van der Waals surface area (Å²) in [7, 11) is 0. The summed E-state index contributed by atoms with van der Waals surface area (Å²) >= 11 is 0. The van der Waals surface area contributed by atoms with E-state index in [9.17, 15) is 9.59 Å². The third kappa shape index (κ3) is 3.93. The third-order valence-electron chi connectivity index (χ3n) is 3.83. The predicted molar refractivity (Wildman–Crippen MR) is 77.8 cm³/mol. The fraction of sp³-hybridized carbons (Fsp3) is 0.533. The van der Waals surface area contributed by atoms with Crippen molar-refractivity contribution in [2.24, 2.45) is 5.92 Å². The highest BCUT2D eigenvalue weighted by atomic mass is 16.4. The molecule has 21 heavy (non-hydrogen) atoms. The Kier molecular flexibility index (Phi) is 5.14. The van der Waals surface area contributed by atoms with Crippen LogP contribution in [0.15, 0.2) is 18.3 Å². The molecule has 6 heteroatoms. The molecule has 114 valence electrons. The Morgan fingerprint density at radius 1 is 1.52 bits per heavy atom. The second-order valence-electron chi connectivity index (χ2n) is 5.24. The molecule has 2 N–H and O–H groups in total. The van der Waals surface area contributed by atoms with Crippen LogP contribution in [0.3, 0.4) is 0 Å². The molecule has 1 saturated heterocycles. The fourth-order valence-electron chi connectivity index (χ4n) is 2.59. The van der Waals surface area contributed by atoms with Crippen LogP contribution >= 0.6 is 0 Å². The van der Waals surface area contributed by atoms with Crippen molar-refractivity contribution in [3.63, 3.8) is 0 Å². The molecule has 0 bridgehead atoms. The average Bonchev–Trinajstić information content (AvgIpc) is 2.52. The highest BCUT2D eigenvalue weighted by Gasteiger charge is 2.27. The Balaban J connectivity index is 1.91. The van der Waals surface area contributed by atoms with Gasteiger partial charge < -0.3 is 15.3 Å². The summed E-state index contributed by atoms with van der Waals surface area (Å²) in [6.45, 7) is 3.31. The smallest absolute Gasteiger partial charge is 0.317 e. The number of carbonyl (C=O) groups excluding carboxylic acids is 1. The highest BCUT2D eigenvalue weighted by Crippen LogP contribution is 2.16. The van der Waals surface area contributed by atoms with E-state index in [4.69, 9.17) is 5.11 Å². The maximum Gasteiger partial charge on any atom is 0.317 e. The lowest BCUT2D eigenvalue weighted by Gasteiger charge is -2.30. The van der Waals surface area contributed by atoms with Gasteiger partial charge in [-0.2, -0.15) is 0 Å². The van der Waals surface area contributed by atoms with Gasteiger partial charge in [-0.15, -0.1) is 0 Å². The Bertz CT molecular complexity index is 519. The van der Waals surface area contributed by atoms with Crippen molar-refractivity contribution < 1.29 is 14.7 Å². The second-order valence-corrected chi connectivity index (χ2v) is 5.24. The van der Waals surface area contributed by atoms with Crippen molar-refractivity contribution in [3.8, 4) is 0 Å². The molecular formula is C15H21N3O3.